The number of aromatic nitrogens is 3. The zero-order chi connectivity index (χ0) is 20.5. The molecule has 1 atom stereocenters. The van der Waals surface area contributed by atoms with Crippen LogP contribution in [0.1, 0.15) is 25.3 Å². The molecule has 150 valence electrons. The summed E-state index contributed by atoms with van der Waals surface area (Å²) in [5.74, 6) is 0.664. The molecule has 29 heavy (non-hydrogen) atoms. The van der Waals surface area contributed by atoms with Gasteiger partial charge in [0.1, 0.15) is 9.04 Å². The minimum atomic E-state index is -1.21. The molecule has 0 aliphatic heterocycles. The van der Waals surface area contributed by atoms with E-state index in [2.05, 4.69) is 29.9 Å². The Hall–Kier alpha value is -2.42. The Morgan fingerprint density at radius 3 is 2.66 bits per heavy atom. The Morgan fingerprint density at radius 2 is 1.93 bits per heavy atom. The van der Waals surface area contributed by atoms with E-state index in [-0.39, 0.29) is 5.92 Å². The van der Waals surface area contributed by atoms with E-state index in [1.54, 1.807) is 19.5 Å². The van der Waals surface area contributed by atoms with Gasteiger partial charge < -0.3 is 10.5 Å². The van der Waals surface area contributed by atoms with E-state index < -0.39 is 10.8 Å². The summed E-state index contributed by atoms with van der Waals surface area (Å²) in [6.45, 7) is 4.68. The van der Waals surface area contributed by atoms with E-state index in [4.69, 9.17) is 15.5 Å². The van der Waals surface area contributed by atoms with Crippen LogP contribution in [-0.2, 0) is 15.5 Å². The summed E-state index contributed by atoms with van der Waals surface area (Å²) in [4.78, 5) is 14.4. The van der Waals surface area contributed by atoms with Gasteiger partial charge in [-0.25, -0.2) is 4.98 Å². The van der Waals surface area contributed by atoms with E-state index in [0.717, 1.165) is 38.1 Å². The van der Waals surface area contributed by atoms with E-state index in [1.807, 2.05) is 18.2 Å². The fourth-order valence-corrected chi connectivity index (χ4v) is 5.85. The number of pyridine rings is 1. The second kappa shape index (κ2) is 8.14. The van der Waals surface area contributed by atoms with Crippen molar-refractivity contribution in [3.63, 3.8) is 0 Å². The number of methoxy groups -OCH3 is 1. The number of nitrogens with two attached hydrogens (primary N) is 1. The van der Waals surface area contributed by atoms with Crippen molar-refractivity contribution in [2.45, 2.75) is 24.0 Å². The Bertz CT molecular complexity index is 1220. The number of rotatable bonds is 6. The molecule has 2 N–H and O–H groups in total. The molecule has 0 radical (unpaired) electrons. The first-order chi connectivity index (χ1) is 14.0. The van der Waals surface area contributed by atoms with Crippen molar-refractivity contribution in [2.24, 2.45) is 0 Å². The zero-order valence-corrected chi connectivity index (χ0v) is 18.1. The van der Waals surface area contributed by atoms with Crippen LogP contribution in [0.15, 0.2) is 40.9 Å². The quantitative estimate of drug-likeness (QED) is 0.492. The second-order valence-electron chi connectivity index (χ2n) is 7.04. The molecule has 0 spiro atoms. The molecule has 4 aromatic rings. The van der Waals surface area contributed by atoms with Gasteiger partial charge in [0, 0.05) is 30.5 Å². The molecule has 0 aliphatic rings. The lowest BCUT2D eigenvalue weighted by atomic mass is 9.97. The van der Waals surface area contributed by atoms with Crippen LogP contribution in [0.4, 0.5) is 5.69 Å². The highest BCUT2D eigenvalue weighted by Gasteiger charge is 2.21. The van der Waals surface area contributed by atoms with Crippen LogP contribution >= 0.6 is 11.3 Å². The van der Waals surface area contributed by atoms with Gasteiger partial charge in [0.15, 0.2) is 0 Å². The average molecular weight is 427 g/mol. The number of hydrogen-bond donors (Lipinski definition) is 1. The van der Waals surface area contributed by atoms with Crippen molar-refractivity contribution in [3.8, 4) is 11.3 Å². The number of nitrogens with zero attached hydrogens (tertiary/aromatic N) is 3. The van der Waals surface area contributed by atoms with Crippen LogP contribution in [-0.4, -0.2) is 38.6 Å². The highest BCUT2D eigenvalue weighted by molar-refractivity contribution is 7.87. The third kappa shape index (κ3) is 3.75. The zero-order valence-electron chi connectivity index (χ0n) is 16.5. The van der Waals surface area contributed by atoms with Crippen LogP contribution in [0.3, 0.4) is 0 Å². The lowest BCUT2D eigenvalue weighted by molar-refractivity contribution is 0.218. The molecule has 3 heterocycles. The number of nitrogen functional groups attached to an aromatic ring is 1. The van der Waals surface area contributed by atoms with Gasteiger partial charge in [-0.15, -0.1) is 11.3 Å². The van der Waals surface area contributed by atoms with Crippen molar-refractivity contribution in [1.82, 2.24) is 15.0 Å². The summed E-state index contributed by atoms with van der Waals surface area (Å²) in [6.07, 6.45) is 3.37. The fourth-order valence-electron chi connectivity index (χ4n) is 3.28. The van der Waals surface area contributed by atoms with E-state index >= 15 is 0 Å². The number of thiophene rings is 1. The van der Waals surface area contributed by atoms with Crippen molar-refractivity contribution in [2.75, 3.05) is 25.2 Å². The molecule has 4 rings (SSSR count). The Balaban J connectivity index is 1.88. The van der Waals surface area contributed by atoms with Crippen molar-refractivity contribution in [1.29, 1.82) is 0 Å². The first kappa shape index (κ1) is 19.9. The number of fused-ring (bicyclic) bond motifs is 2. The first-order valence-electron chi connectivity index (χ1n) is 9.31. The summed E-state index contributed by atoms with van der Waals surface area (Å²) in [6, 6.07) is 8.03. The van der Waals surface area contributed by atoms with Gasteiger partial charge in [-0.2, -0.15) is 0 Å². The van der Waals surface area contributed by atoms with Crippen LogP contribution in [0.25, 0.3) is 32.5 Å². The van der Waals surface area contributed by atoms with Crippen molar-refractivity contribution >= 4 is 49.1 Å². The molecule has 8 heteroatoms. The predicted octanol–water partition coefficient (Wildman–Crippen LogP) is 4.37. The summed E-state index contributed by atoms with van der Waals surface area (Å²) in [7, 11) is 0.393. The SMILES string of the molecule is COCCS(=O)c1sc2nc(-c3ccc4nccnc4c3)cc(C(C)C)c2c1N. The maximum Gasteiger partial charge on any atom is 0.127 e. The highest BCUT2D eigenvalue weighted by atomic mass is 32.2. The average Bonchev–Trinajstić information content (AvgIpc) is 3.07. The summed E-state index contributed by atoms with van der Waals surface area (Å²) >= 11 is 1.41. The third-order valence-electron chi connectivity index (χ3n) is 4.76. The van der Waals surface area contributed by atoms with E-state index in [0.29, 0.717) is 22.3 Å². The van der Waals surface area contributed by atoms with E-state index in [9.17, 15) is 4.21 Å². The molecule has 6 nitrogen and oxygen atoms in total. The van der Waals surface area contributed by atoms with Crippen LogP contribution in [0.2, 0.25) is 0 Å². The predicted molar refractivity (Wildman–Crippen MR) is 120 cm³/mol. The minimum Gasteiger partial charge on any atom is -0.396 e. The summed E-state index contributed by atoms with van der Waals surface area (Å²) in [5, 5.41) is 0.912. The smallest absolute Gasteiger partial charge is 0.127 e. The standard InChI is InChI=1S/C21H22N4O2S2/c1-12(2)14-11-16(13-4-5-15-17(10-13)24-7-6-23-15)25-20-18(14)19(22)21(28-20)29(26)9-8-27-3/h4-7,10-12H,8-9,22H2,1-3H3. The number of benzene rings is 1. The molecule has 1 unspecified atom stereocenters. The van der Waals surface area contributed by atoms with Gasteiger partial charge in [-0.05, 0) is 29.7 Å². The van der Waals surface area contributed by atoms with Crippen molar-refractivity contribution in [3.05, 3.63) is 42.2 Å². The molecule has 0 aliphatic carbocycles. The lowest BCUT2D eigenvalue weighted by Gasteiger charge is -2.11. The monoisotopic (exact) mass is 426 g/mol. The van der Waals surface area contributed by atoms with E-state index in [1.165, 1.54) is 11.3 Å². The largest absolute Gasteiger partial charge is 0.396 e. The normalized spacial score (nSPS) is 12.8. The third-order valence-corrected chi connectivity index (χ3v) is 7.63. The molecular formula is C21H22N4O2S2. The summed E-state index contributed by atoms with van der Waals surface area (Å²) < 4.78 is 18.4. The van der Waals surface area contributed by atoms with Crippen LogP contribution in [0, 0.1) is 0 Å². The van der Waals surface area contributed by atoms with Crippen LogP contribution in [0.5, 0.6) is 0 Å². The highest BCUT2D eigenvalue weighted by Crippen LogP contribution is 2.41. The van der Waals surface area contributed by atoms with Gasteiger partial charge in [-0.3, -0.25) is 14.2 Å². The maximum atomic E-state index is 12.7. The maximum absolute atomic E-state index is 12.7. The van der Waals surface area contributed by atoms with Gasteiger partial charge >= 0.3 is 0 Å². The molecular weight excluding hydrogens is 404 g/mol. The van der Waals surface area contributed by atoms with Gasteiger partial charge in [0.25, 0.3) is 0 Å². The molecule has 0 saturated heterocycles. The lowest BCUT2D eigenvalue weighted by Crippen LogP contribution is -2.05. The van der Waals surface area contributed by atoms with Gasteiger partial charge in [0.05, 0.1) is 45.6 Å². The molecule has 0 saturated carbocycles. The second-order valence-corrected chi connectivity index (χ2v) is 9.80. The van der Waals surface area contributed by atoms with Gasteiger partial charge in [-0.1, -0.05) is 19.9 Å². The first-order valence-corrected chi connectivity index (χ1v) is 11.4. The Morgan fingerprint density at radius 1 is 1.17 bits per heavy atom. The number of hydrogen-bond acceptors (Lipinski definition) is 7. The Labute approximate surface area is 175 Å². The fraction of sp³-hybridized carbons (Fsp3) is 0.286. The number of ether oxygens (including phenoxy) is 1. The Kier molecular flexibility index (Phi) is 5.58. The molecule has 0 fully saturated rings. The van der Waals surface area contributed by atoms with Crippen LogP contribution < -0.4 is 5.73 Å². The topological polar surface area (TPSA) is 91.0 Å². The summed E-state index contributed by atoms with van der Waals surface area (Å²) in [5.41, 5.74) is 11.6. The minimum absolute atomic E-state index is 0.247. The molecule has 1 aromatic carbocycles. The van der Waals surface area contributed by atoms with Crippen molar-refractivity contribution < 1.29 is 8.95 Å². The molecule has 3 aromatic heterocycles. The van der Waals surface area contributed by atoms with Gasteiger partial charge in [0.2, 0.25) is 0 Å². The molecule has 0 bridgehead atoms. The number of anilines is 1. The molecule has 0 amide bonds.